The average molecular weight is 277 g/mol. The number of rotatable bonds is 3. The number of urea groups is 1. The smallest absolute Gasteiger partial charge is 0.317 e. The molecule has 0 radical (unpaired) electrons. The third-order valence-corrected chi connectivity index (χ3v) is 4.44. The molecular formula is C15H23N3O2. The summed E-state index contributed by atoms with van der Waals surface area (Å²) in [5, 5.41) is 2.91. The molecule has 1 aromatic heterocycles. The molecular weight excluding hydrogens is 254 g/mol. The van der Waals surface area contributed by atoms with Gasteiger partial charge < -0.3 is 14.6 Å². The Kier molecular flexibility index (Phi) is 4.25. The molecule has 2 amide bonds. The van der Waals surface area contributed by atoms with Gasteiger partial charge in [0.1, 0.15) is 5.76 Å². The van der Waals surface area contributed by atoms with E-state index in [1.54, 1.807) is 6.26 Å². The van der Waals surface area contributed by atoms with Gasteiger partial charge in [-0.2, -0.15) is 0 Å². The van der Waals surface area contributed by atoms with Gasteiger partial charge in [0.05, 0.1) is 12.8 Å². The Morgan fingerprint density at radius 1 is 1.25 bits per heavy atom. The fourth-order valence-electron chi connectivity index (χ4n) is 3.25. The molecule has 110 valence electrons. The highest BCUT2D eigenvalue weighted by Gasteiger charge is 2.27. The van der Waals surface area contributed by atoms with E-state index >= 15 is 0 Å². The molecule has 1 aliphatic carbocycles. The minimum absolute atomic E-state index is 0.0208. The summed E-state index contributed by atoms with van der Waals surface area (Å²) in [5.41, 5.74) is 0. The molecule has 2 heterocycles. The monoisotopic (exact) mass is 277 g/mol. The zero-order valence-corrected chi connectivity index (χ0v) is 11.9. The molecule has 3 rings (SSSR count). The number of carbonyl (C=O) groups is 1. The highest BCUT2D eigenvalue weighted by atomic mass is 16.3. The van der Waals surface area contributed by atoms with Crippen LogP contribution in [0.2, 0.25) is 0 Å². The van der Waals surface area contributed by atoms with Crippen LogP contribution in [0.4, 0.5) is 4.79 Å². The summed E-state index contributed by atoms with van der Waals surface area (Å²) in [6.45, 7) is 4.16. The molecule has 1 saturated carbocycles. The zero-order chi connectivity index (χ0) is 13.8. The Balaban J connectivity index is 1.41. The first-order chi connectivity index (χ1) is 9.83. The SMILES string of the molecule is O=C(NCc1ccco1)N1CCN(C2CCCC2)CC1. The second-order valence-electron chi connectivity index (χ2n) is 5.70. The van der Waals surface area contributed by atoms with Gasteiger partial charge in [-0.25, -0.2) is 4.79 Å². The van der Waals surface area contributed by atoms with E-state index < -0.39 is 0 Å². The molecule has 1 saturated heterocycles. The minimum atomic E-state index is 0.0208. The number of hydrogen-bond acceptors (Lipinski definition) is 3. The summed E-state index contributed by atoms with van der Waals surface area (Å²) < 4.78 is 5.21. The van der Waals surface area contributed by atoms with E-state index in [-0.39, 0.29) is 6.03 Å². The predicted octanol–water partition coefficient (Wildman–Crippen LogP) is 2.05. The molecule has 2 fully saturated rings. The first kappa shape index (κ1) is 13.5. The van der Waals surface area contributed by atoms with Gasteiger partial charge in [0.25, 0.3) is 0 Å². The van der Waals surface area contributed by atoms with Gasteiger partial charge in [-0.1, -0.05) is 12.8 Å². The average Bonchev–Trinajstić information content (AvgIpc) is 3.18. The highest BCUT2D eigenvalue weighted by molar-refractivity contribution is 5.74. The van der Waals surface area contributed by atoms with Crippen LogP contribution in [0.25, 0.3) is 0 Å². The molecule has 0 bridgehead atoms. The fourth-order valence-corrected chi connectivity index (χ4v) is 3.25. The van der Waals surface area contributed by atoms with Crippen LogP contribution in [0, 0.1) is 0 Å². The van der Waals surface area contributed by atoms with Crippen molar-refractivity contribution >= 4 is 6.03 Å². The van der Waals surface area contributed by atoms with Crippen LogP contribution in [-0.2, 0) is 6.54 Å². The van der Waals surface area contributed by atoms with E-state index in [1.165, 1.54) is 25.7 Å². The summed E-state index contributed by atoms with van der Waals surface area (Å²) in [4.78, 5) is 16.5. The quantitative estimate of drug-likeness (QED) is 0.920. The molecule has 0 atom stereocenters. The summed E-state index contributed by atoms with van der Waals surface area (Å²) in [6.07, 6.45) is 7.04. The Labute approximate surface area is 119 Å². The maximum absolute atomic E-state index is 12.1. The lowest BCUT2D eigenvalue weighted by Gasteiger charge is -2.37. The molecule has 20 heavy (non-hydrogen) atoms. The standard InChI is InChI=1S/C15H23N3O2/c19-15(16-12-14-6-3-11-20-14)18-9-7-17(8-10-18)13-4-1-2-5-13/h3,6,11,13H,1-2,4-5,7-10,12H2,(H,16,19). The van der Waals surface area contributed by atoms with Crippen molar-refractivity contribution in [2.24, 2.45) is 0 Å². The summed E-state index contributed by atoms with van der Waals surface area (Å²) in [7, 11) is 0. The molecule has 1 aromatic rings. The number of nitrogens with one attached hydrogen (secondary N) is 1. The van der Waals surface area contributed by atoms with Gasteiger partial charge in [0.15, 0.2) is 0 Å². The fraction of sp³-hybridized carbons (Fsp3) is 0.667. The van der Waals surface area contributed by atoms with Crippen molar-refractivity contribution in [2.45, 2.75) is 38.3 Å². The van der Waals surface area contributed by atoms with Gasteiger partial charge in [0.2, 0.25) is 0 Å². The van der Waals surface area contributed by atoms with Crippen molar-refractivity contribution in [3.05, 3.63) is 24.2 Å². The third kappa shape index (κ3) is 3.15. The Hall–Kier alpha value is -1.49. The van der Waals surface area contributed by atoms with Crippen LogP contribution < -0.4 is 5.32 Å². The van der Waals surface area contributed by atoms with Crippen LogP contribution in [0.1, 0.15) is 31.4 Å². The van der Waals surface area contributed by atoms with Gasteiger partial charge in [-0.15, -0.1) is 0 Å². The normalized spacial score (nSPS) is 21.3. The minimum Gasteiger partial charge on any atom is -0.467 e. The van der Waals surface area contributed by atoms with E-state index in [4.69, 9.17) is 4.42 Å². The van der Waals surface area contributed by atoms with Crippen LogP contribution >= 0.6 is 0 Å². The number of furan rings is 1. The summed E-state index contributed by atoms with van der Waals surface area (Å²) >= 11 is 0. The number of nitrogens with zero attached hydrogens (tertiary/aromatic N) is 2. The number of hydrogen-bond donors (Lipinski definition) is 1. The van der Waals surface area contributed by atoms with Crippen molar-refractivity contribution in [2.75, 3.05) is 26.2 Å². The predicted molar refractivity (Wildman–Crippen MR) is 76.3 cm³/mol. The van der Waals surface area contributed by atoms with E-state index in [9.17, 15) is 4.79 Å². The topological polar surface area (TPSA) is 48.7 Å². The first-order valence-electron chi connectivity index (χ1n) is 7.62. The van der Waals surface area contributed by atoms with Crippen molar-refractivity contribution < 1.29 is 9.21 Å². The molecule has 2 aliphatic rings. The third-order valence-electron chi connectivity index (χ3n) is 4.44. The van der Waals surface area contributed by atoms with Crippen molar-refractivity contribution in [3.63, 3.8) is 0 Å². The summed E-state index contributed by atoms with van der Waals surface area (Å²) in [5.74, 6) is 0.794. The molecule has 0 spiro atoms. The second-order valence-corrected chi connectivity index (χ2v) is 5.70. The maximum Gasteiger partial charge on any atom is 0.317 e. The largest absolute Gasteiger partial charge is 0.467 e. The molecule has 1 N–H and O–H groups in total. The van der Waals surface area contributed by atoms with Crippen LogP contribution in [0.15, 0.2) is 22.8 Å². The lowest BCUT2D eigenvalue weighted by atomic mass is 10.2. The zero-order valence-electron chi connectivity index (χ0n) is 11.9. The van der Waals surface area contributed by atoms with Crippen molar-refractivity contribution in [1.82, 2.24) is 15.1 Å². The molecule has 0 unspecified atom stereocenters. The molecule has 5 heteroatoms. The van der Waals surface area contributed by atoms with E-state index in [0.717, 1.165) is 38.0 Å². The Bertz CT molecular complexity index is 418. The lowest BCUT2D eigenvalue weighted by molar-refractivity contribution is 0.109. The number of amides is 2. The Morgan fingerprint density at radius 3 is 2.65 bits per heavy atom. The van der Waals surface area contributed by atoms with Crippen LogP contribution in [-0.4, -0.2) is 48.1 Å². The van der Waals surface area contributed by atoms with Crippen molar-refractivity contribution in [1.29, 1.82) is 0 Å². The molecule has 1 aliphatic heterocycles. The van der Waals surface area contributed by atoms with Gasteiger partial charge in [-0.3, -0.25) is 4.90 Å². The van der Waals surface area contributed by atoms with Crippen molar-refractivity contribution in [3.8, 4) is 0 Å². The van der Waals surface area contributed by atoms with Gasteiger partial charge in [-0.05, 0) is 25.0 Å². The maximum atomic E-state index is 12.1. The number of piperazine rings is 1. The van der Waals surface area contributed by atoms with E-state index in [2.05, 4.69) is 10.2 Å². The van der Waals surface area contributed by atoms with E-state index in [0.29, 0.717) is 6.54 Å². The molecule has 0 aromatic carbocycles. The van der Waals surface area contributed by atoms with Gasteiger partial charge >= 0.3 is 6.03 Å². The highest BCUT2D eigenvalue weighted by Crippen LogP contribution is 2.24. The number of carbonyl (C=O) groups excluding carboxylic acids is 1. The van der Waals surface area contributed by atoms with E-state index in [1.807, 2.05) is 17.0 Å². The van der Waals surface area contributed by atoms with Gasteiger partial charge in [0, 0.05) is 32.2 Å². The van der Waals surface area contributed by atoms with Crippen LogP contribution in [0.3, 0.4) is 0 Å². The Morgan fingerprint density at radius 2 is 2.00 bits per heavy atom. The first-order valence-corrected chi connectivity index (χ1v) is 7.62. The lowest BCUT2D eigenvalue weighted by Crippen LogP contribution is -2.53. The van der Waals surface area contributed by atoms with Crippen LogP contribution in [0.5, 0.6) is 0 Å². The second kappa shape index (κ2) is 6.31. The summed E-state index contributed by atoms with van der Waals surface area (Å²) in [6, 6.07) is 4.50. The molecule has 5 nitrogen and oxygen atoms in total.